The van der Waals surface area contributed by atoms with Gasteiger partial charge in [-0.2, -0.15) is 0 Å². The van der Waals surface area contributed by atoms with E-state index in [1.807, 2.05) is 30.0 Å². The van der Waals surface area contributed by atoms with Crippen molar-refractivity contribution in [2.24, 2.45) is 5.92 Å². The van der Waals surface area contributed by atoms with Crippen LogP contribution >= 0.6 is 11.8 Å². The summed E-state index contributed by atoms with van der Waals surface area (Å²) in [5.74, 6) is 1.52. The summed E-state index contributed by atoms with van der Waals surface area (Å²) >= 11 is 1.83. The molecule has 1 aliphatic rings. The van der Waals surface area contributed by atoms with E-state index >= 15 is 0 Å². The van der Waals surface area contributed by atoms with E-state index in [2.05, 4.69) is 17.4 Å². The van der Waals surface area contributed by atoms with Gasteiger partial charge in [-0.1, -0.05) is 18.2 Å². The molecule has 1 atom stereocenters. The van der Waals surface area contributed by atoms with Crippen LogP contribution in [0.15, 0.2) is 35.2 Å². The molecule has 1 aliphatic heterocycles. The van der Waals surface area contributed by atoms with E-state index in [9.17, 15) is 4.79 Å². The smallest absolute Gasteiger partial charge is 0.223 e. The Hall–Kier alpha value is -0.960. The molecular weight excluding hydrogens is 206 g/mol. The molecule has 1 N–H and O–H groups in total. The monoisotopic (exact) mass is 221 g/mol. The zero-order valence-electron chi connectivity index (χ0n) is 8.61. The lowest BCUT2D eigenvalue weighted by Crippen LogP contribution is -2.19. The average Bonchev–Trinajstić information content (AvgIpc) is 2.66. The van der Waals surface area contributed by atoms with Crippen LogP contribution in [0.1, 0.15) is 12.8 Å². The van der Waals surface area contributed by atoms with Gasteiger partial charge >= 0.3 is 0 Å². The Morgan fingerprint density at radius 1 is 1.33 bits per heavy atom. The first-order valence-corrected chi connectivity index (χ1v) is 6.30. The summed E-state index contributed by atoms with van der Waals surface area (Å²) in [5, 5.41) is 2.87. The van der Waals surface area contributed by atoms with Crippen LogP contribution in [0, 0.1) is 5.92 Å². The van der Waals surface area contributed by atoms with E-state index in [0.29, 0.717) is 0 Å². The molecule has 3 heteroatoms. The number of hydrogen-bond donors (Lipinski definition) is 1. The second-order valence-corrected chi connectivity index (χ2v) is 4.90. The van der Waals surface area contributed by atoms with Crippen LogP contribution in [0.3, 0.4) is 0 Å². The zero-order valence-corrected chi connectivity index (χ0v) is 9.43. The van der Waals surface area contributed by atoms with Crippen molar-refractivity contribution in [1.82, 2.24) is 5.32 Å². The van der Waals surface area contributed by atoms with Gasteiger partial charge in [0.1, 0.15) is 0 Å². The summed E-state index contributed by atoms with van der Waals surface area (Å²) in [6.45, 7) is 0.861. The van der Waals surface area contributed by atoms with Crippen LogP contribution in [0.5, 0.6) is 0 Å². The van der Waals surface area contributed by atoms with Gasteiger partial charge in [0.2, 0.25) is 5.91 Å². The van der Waals surface area contributed by atoms with Crippen LogP contribution in [-0.4, -0.2) is 18.2 Å². The van der Waals surface area contributed by atoms with E-state index < -0.39 is 0 Å². The Labute approximate surface area is 94.4 Å². The van der Waals surface area contributed by atoms with Crippen LogP contribution in [0.25, 0.3) is 0 Å². The van der Waals surface area contributed by atoms with Crippen molar-refractivity contribution in [3.05, 3.63) is 30.3 Å². The molecule has 2 rings (SSSR count). The third kappa shape index (κ3) is 2.99. The second-order valence-electron chi connectivity index (χ2n) is 3.73. The molecule has 1 aromatic carbocycles. The molecule has 1 aromatic rings. The highest BCUT2D eigenvalue weighted by atomic mass is 32.2. The topological polar surface area (TPSA) is 29.1 Å². The minimum absolute atomic E-state index is 0.240. The molecule has 1 heterocycles. The molecule has 0 bridgehead atoms. The Balaban J connectivity index is 1.73. The standard InChI is InChI=1S/C12H15NOS/c14-12-10(6-8-13-12)7-9-15-11-4-2-1-3-5-11/h1-5,10H,6-9H2,(H,13,14). The van der Waals surface area contributed by atoms with Gasteiger partial charge in [0.25, 0.3) is 0 Å². The van der Waals surface area contributed by atoms with Crippen molar-refractivity contribution >= 4 is 17.7 Å². The maximum Gasteiger partial charge on any atom is 0.223 e. The molecule has 0 radical (unpaired) electrons. The van der Waals surface area contributed by atoms with E-state index in [4.69, 9.17) is 0 Å². The van der Waals surface area contributed by atoms with Gasteiger partial charge in [0, 0.05) is 17.4 Å². The minimum Gasteiger partial charge on any atom is -0.356 e. The van der Waals surface area contributed by atoms with Crippen molar-refractivity contribution in [2.45, 2.75) is 17.7 Å². The van der Waals surface area contributed by atoms with Crippen LogP contribution < -0.4 is 5.32 Å². The Bertz CT molecular complexity index is 326. The predicted molar refractivity (Wildman–Crippen MR) is 62.9 cm³/mol. The maximum absolute atomic E-state index is 11.3. The lowest BCUT2D eigenvalue weighted by molar-refractivity contribution is -0.122. The summed E-state index contributed by atoms with van der Waals surface area (Å²) < 4.78 is 0. The van der Waals surface area contributed by atoms with E-state index in [0.717, 1.165) is 25.1 Å². The number of rotatable bonds is 4. The summed E-state index contributed by atoms with van der Waals surface area (Å²) in [7, 11) is 0. The minimum atomic E-state index is 0.240. The van der Waals surface area contributed by atoms with Crippen LogP contribution in [0.4, 0.5) is 0 Å². The molecule has 0 aromatic heterocycles. The third-order valence-corrected chi connectivity index (χ3v) is 3.69. The van der Waals surface area contributed by atoms with Gasteiger partial charge in [-0.3, -0.25) is 4.79 Å². The summed E-state index contributed by atoms with van der Waals surface area (Å²) in [6.07, 6.45) is 2.00. The van der Waals surface area contributed by atoms with Crippen molar-refractivity contribution < 1.29 is 4.79 Å². The van der Waals surface area contributed by atoms with Gasteiger partial charge < -0.3 is 5.32 Å². The fraction of sp³-hybridized carbons (Fsp3) is 0.417. The summed E-state index contributed by atoms with van der Waals surface area (Å²) in [6, 6.07) is 10.3. The number of amides is 1. The van der Waals surface area contributed by atoms with Crippen LogP contribution in [0.2, 0.25) is 0 Å². The zero-order chi connectivity index (χ0) is 10.5. The third-order valence-electron chi connectivity index (χ3n) is 2.64. The SMILES string of the molecule is O=C1NCCC1CCSc1ccccc1. The highest BCUT2D eigenvalue weighted by molar-refractivity contribution is 7.99. The molecule has 1 amide bonds. The first-order valence-electron chi connectivity index (χ1n) is 5.32. The van der Waals surface area contributed by atoms with Crippen molar-refractivity contribution in [3.63, 3.8) is 0 Å². The maximum atomic E-state index is 11.3. The van der Waals surface area contributed by atoms with Crippen molar-refractivity contribution in [1.29, 1.82) is 0 Å². The quantitative estimate of drug-likeness (QED) is 0.790. The predicted octanol–water partition coefficient (Wildman–Crippen LogP) is 2.30. The molecule has 0 saturated carbocycles. The van der Waals surface area contributed by atoms with E-state index in [1.54, 1.807) is 0 Å². The number of hydrogen-bond acceptors (Lipinski definition) is 2. The Morgan fingerprint density at radius 2 is 2.13 bits per heavy atom. The number of carbonyl (C=O) groups is 1. The van der Waals surface area contributed by atoms with Crippen molar-refractivity contribution in [3.8, 4) is 0 Å². The highest BCUT2D eigenvalue weighted by Gasteiger charge is 2.23. The van der Waals surface area contributed by atoms with Gasteiger partial charge in [-0.15, -0.1) is 11.8 Å². The Kier molecular flexibility index (Phi) is 3.67. The molecule has 2 nitrogen and oxygen atoms in total. The van der Waals surface area contributed by atoms with Gasteiger partial charge in [0.05, 0.1) is 0 Å². The lowest BCUT2D eigenvalue weighted by atomic mass is 10.1. The van der Waals surface area contributed by atoms with Gasteiger partial charge in [-0.25, -0.2) is 0 Å². The van der Waals surface area contributed by atoms with Crippen molar-refractivity contribution in [2.75, 3.05) is 12.3 Å². The van der Waals surface area contributed by atoms with Crippen LogP contribution in [-0.2, 0) is 4.79 Å². The van der Waals surface area contributed by atoms with E-state index in [1.165, 1.54) is 4.90 Å². The highest BCUT2D eigenvalue weighted by Crippen LogP contribution is 2.22. The average molecular weight is 221 g/mol. The number of carbonyl (C=O) groups excluding carboxylic acids is 1. The largest absolute Gasteiger partial charge is 0.356 e. The second kappa shape index (κ2) is 5.21. The summed E-state index contributed by atoms with van der Waals surface area (Å²) in [5.41, 5.74) is 0. The molecule has 1 fully saturated rings. The molecule has 1 saturated heterocycles. The summed E-state index contributed by atoms with van der Waals surface area (Å²) in [4.78, 5) is 12.6. The molecule has 0 spiro atoms. The number of benzene rings is 1. The normalized spacial score (nSPS) is 20.3. The molecule has 0 aliphatic carbocycles. The first kappa shape index (κ1) is 10.6. The lowest BCUT2D eigenvalue weighted by Gasteiger charge is -2.05. The molecule has 15 heavy (non-hydrogen) atoms. The number of nitrogens with one attached hydrogen (secondary N) is 1. The fourth-order valence-corrected chi connectivity index (χ4v) is 2.74. The Morgan fingerprint density at radius 3 is 2.80 bits per heavy atom. The first-order chi connectivity index (χ1) is 7.36. The van der Waals surface area contributed by atoms with Gasteiger partial charge in [0.15, 0.2) is 0 Å². The molecule has 1 unspecified atom stereocenters. The van der Waals surface area contributed by atoms with Gasteiger partial charge in [-0.05, 0) is 30.7 Å². The van der Waals surface area contributed by atoms with E-state index in [-0.39, 0.29) is 11.8 Å². The molecule has 80 valence electrons. The fourth-order valence-electron chi connectivity index (χ4n) is 1.76. The molecular formula is C12H15NOS. The number of thioether (sulfide) groups is 1.